The van der Waals surface area contributed by atoms with Crippen LogP contribution >= 0.6 is 7.60 Å². The first-order valence-electron chi connectivity index (χ1n) is 21.8. The number of nitrogens with two attached hydrogens (primary N) is 1. The van der Waals surface area contributed by atoms with E-state index in [-0.39, 0.29) is 67.4 Å². The van der Waals surface area contributed by atoms with Gasteiger partial charge in [-0.2, -0.15) is 8.78 Å². The lowest BCUT2D eigenvalue weighted by Gasteiger charge is -2.28. The summed E-state index contributed by atoms with van der Waals surface area (Å²) in [5.41, 5.74) is 2.89. The predicted octanol–water partition coefficient (Wildman–Crippen LogP) is 6.70. The maximum atomic E-state index is 16.4. The van der Waals surface area contributed by atoms with Gasteiger partial charge in [-0.25, -0.2) is 9.59 Å². The average molecular weight is 974 g/mol. The van der Waals surface area contributed by atoms with Crippen LogP contribution in [0.15, 0.2) is 84.9 Å². The molecule has 8 rings (SSSR count). The highest BCUT2D eigenvalue weighted by Crippen LogP contribution is 2.67. The van der Waals surface area contributed by atoms with Gasteiger partial charge in [0.05, 0.1) is 16.8 Å². The van der Waals surface area contributed by atoms with Gasteiger partial charge >= 0.3 is 25.2 Å². The number of fused-ring (bicyclic) bond motifs is 2. The Morgan fingerprint density at radius 2 is 1.41 bits per heavy atom. The number of anilines is 1. The molecule has 4 heterocycles. The number of benzene rings is 4. The number of ether oxygens (including phenoxy) is 6. The molecule has 4 aromatic rings. The van der Waals surface area contributed by atoms with Crippen LogP contribution in [0.4, 0.5) is 14.5 Å². The highest BCUT2D eigenvalue weighted by Gasteiger charge is 2.56. The van der Waals surface area contributed by atoms with Crippen molar-refractivity contribution in [3.05, 3.63) is 118 Å². The van der Waals surface area contributed by atoms with E-state index >= 15 is 8.78 Å². The number of aryl methyl sites for hydroxylation is 1. The number of para-hydroxylation sites is 1. The molecule has 4 aliphatic rings. The summed E-state index contributed by atoms with van der Waals surface area (Å²) < 4.78 is 88.0. The second-order valence-corrected chi connectivity index (χ2v) is 18.7. The molecule has 3 amide bonds. The highest BCUT2D eigenvalue weighted by atomic mass is 31.2. The Kier molecular flexibility index (Phi) is 14.2. The molecule has 21 heteroatoms. The molecular formula is C48H46F2N3O15P. The molecule has 0 fully saturated rings. The van der Waals surface area contributed by atoms with Crippen molar-refractivity contribution in [1.82, 2.24) is 5.32 Å². The largest absolute Gasteiger partial charge is 0.454 e. The van der Waals surface area contributed by atoms with Crippen LogP contribution in [0.2, 0.25) is 0 Å². The number of alkyl halides is 2. The molecule has 4 aliphatic heterocycles. The Balaban J connectivity index is 0.943. The molecule has 0 aliphatic carbocycles. The quantitative estimate of drug-likeness (QED) is 0.0431. The van der Waals surface area contributed by atoms with Crippen LogP contribution in [-0.2, 0) is 60.8 Å². The summed E-state index contributed by atoms with van der Waals surface area (Å²) in [6, 6.07) is 16.9. The standard InChI is InChI=1S/C48H46F2N3O15P/c1-27(18-36(54)19-32-8-7-30-4-3-5-31-20-37(53(43(30)31)45(32)57)44(56)52-28(2)6-17-42(51)55)29-9-13-35(14-10-29)48(49,50)69(60,67-25-65-46(58)33-11-15-38-40(21-33)63-23-61-38)68-26-66-47(59)34-12-16-39-41(22-34)64-24-62-39/h3-5,9-16,18,21-22,28,32,37H,6-8,17,19-20,23-26H2,1-2H3,(H2,51,55)(H,52,56)/b27-18+/t28-,32-,37+/m1/s1. The van der Waals surface area contributed by atoms with Gasteiger partial charge in [0.15, 0.2) is 28.8 Å². The van der Waals surface area contributed by atoms with E-state index in [1.807, 2.05) is 18.2 Å². The molecule has 3 atom stereocenters. The zero-order valence-electron chi connectivity index (χ0n) is 37.2. The summed E-state index contributed by atoms with van der Waals surface area (Å²) in [6.07, 6.45) is 2.58. The molecule has 69 heavy (non-hydrogen) atoms. The number of halogens is 2. The molecular weight excluding hydrogens is 928 g/mol. The number of nitrogens with one attached hydrogen (secondary N) is 1. The molecule has 4 aromatic carbocycles. The van der Waals surface area contributed by atoms with E-state index < -0.39 is 73.9 Å². The van der Waals surface area contributed by atoms with Crippen LogP contribution < -0.4 is 34.9 Å². The van der Waals surface area contributed by atoms with Crippen molar-refractivity contribution < 1.29 is 79.6 Å². The van der Waals surface area contributed by atoms with Crippen molar-refractivity contribution >= 4 is 54.3 Å². The lowest BCUT2D eigenvalue weighted by atomic mass is 9.92. The minimum atomic E-state index is -5.73. The number of hydrogen-bond acceptors (Lipinski definition) is 15. The fourth-order valence-corrected chi connectivity index (χ4v) is 9.54. The fraction of sp³-hybridized carbons (Fsp3) is 0.333. The van der Waals surface area contributed by atoms with Gasteiger partial charge < -0.3 is 39.5 Å². The number of hydrogen-bond donors (Lipinski definition) is 2. The average Bonchev–Trinajstić information content (AvgIpc) is 4.09. The van der Waals surface area contributed by atoms with Gasteiger partial charge in [0, 0.05) is 36.8 Å². The molecule has 18 nitrogen and oxygen atoms in total. The Labute approximate surface area is 393 Å². The summed E-state index contributed by atoms with van der Waals surface area (Å²) in [4.78, 5) is 79.8. The molecule has 362 valence electrons. The minimum Gasteiger partial charge on any atom is -0.454 e. The number of allylic oxidation sites excluding steroid dienone is 2. The zero-order chi connectivity index (χ0) is 49.0. The predicted molar refractivity (Wildman–Crippen MR) is 238 cm³/mol. The Bertz CT molecular complexity index is 2700. The highest BCUT2D eigenvalue weighted by molar-refractivity contribution is 7.54. The number of carbonyl (C=O) groups is 6. The Morgan fingerprint density at radius 1 is 0.841 bits per heavy atom. The van der Waals surface area contributed by atoms with Crippen molar-refractivity contribution in [1.29, 1.82) is 0 Å². The van der Waals surface area contributed by atoms with Crippen LogP contribution in [0.25, 0.3) is 5.57 Å². The second-order valence-electron chi connectivity index (χ2n) is 16.6. The van der Waals surface area contributed by atoms with Crippen molar-refractivity contribution in [2.75, 3.05) is 32.1 Å². The Morgan fingerprint density at radius 3 is 2.00 bits per heavy atom. The molecule has 0 radical (unpaired) electrons. The van der Waals surface area contributed by atoms with Crippen molar-refractivity contribution in [3.8, 4) is 23.0 Å². The zero-order valence-corrected chi connectivity index (χ0v) is 38.1. The number of carbonyl (C=O) groups excluding carboxylic acids is 6. The molecule has 0 saturated carbocycles. The van der Waals surface area contributed by atoms with E-state index in [4.69, 9.17) is 43.2 Å². The van der Waals surface area contributed by atoms with Gasteiger partial charge in [0.25, 0.3) is 0 Å². The monoisotopic (exact) mass is 973 g/mol. The maximum absolute atomic E-state index is 16.4. The van der Waals surface area contributed by atoms with Crippen LogP contribution in [0.5, 0.6) is 23.0 Å². The second kappa shape index (κ2) is 20.2. The molecule has 3 N–H and O–H groups in total. The van der Waals surface area contributed by atoms with Gasteiger partial charge in [-0.3, -0.25) is 37.7 Å². The normalized spacial score (nSPS) is 17.4. The Hall–Kier alpha value is -7.15. The summed E-state index contributed by atoms with van der Waals surface area (Å²) in [6.45, 7) is 0.603. The summed E-state index contributed by atoms with van der Waals surface area (Å²) in [7, 11) is -5.73. The lowest BCUT2D eigenvalue weighted by molar-refractivity contribution is -0.129. The van der Waals surface area contributed by atoms with E-state index in [0.717, 1.165) is 23.3 Å². The molecule has 0 unspecified atom stereocenters. The third-order valence-electron chi connectivity index (χ3n) is 11.9. The first kappa shape index (κ1) is 48.3. The first-order chi connectivity index (χ1) is 33.0. The molecule has 0 saturated heterocycles. The molecule has 0 spiro atoms. The van der Waals surface area contributed by atoms with Gasteiger partial charge in [-0.1, -0.05) is 42.5 Å². The van der Waals surface area contributed by atoms with Crippen LogP contribution in [0.3, 0.4) is 0 Å². The number of ketones is 1. The van der Waals surface area contributed by atoms with E-state index in [0.29, 0.717) is 47.6 Å². The van der Waals surface area contributed by atoms with E-state index in [9.17, 15) is 33.3 Å². The van der Waals surface area contributed by atoms with E-state index in [2.05, 4.69) is 5.32 Å². The first-order valence-corrected chi connectivity index (χ1v) is 23.3. The van der Waals surface area contributed by atoms with Crippen LogP contribution in [-0.4, -0.2) is 74.7 Å². The maximum Gasteiger partial charge on any atom is 0.410 e. The van der Waals surface area contributed by atoms with E-state index in [1.54, 1.807) is 13.8 Å². The molecule has 0 bridgehead atoms. The topological polar surface area (TPSA) is 235 Å². The third-order valence-corrected chi connectivity index (χ3v) is 13.8. The number of nitrogens with zero attached hydrogens (tertiary/aromatic N) is 1. The van der Waals surface area contributed by atoms with Crippen molar-refractivity contribution in [2.45, 2.75) is 70.1 Å². The number of amides is 3. The van der Waals surface area contributed by atoms with Gasteiger partial charge in [0.1, 0.15) is 6.04 Å². The third kappa shape index (κ3) is 10.5. The summed E-state index contributed by atoms with van der Waals surface area (Å²) >= 11 is 0. The van der Waals surface area contributed by atoms with Crippen LogP contribution in [0, 0.1) is 5.92 Å². The summed E-state index contributed by atoms with van der Waals surface area (Å²) in [5, 5.41) is 2.89. The number of rotatable bonds is 19. The fourth-order valence-electron chi connectivity index (χ4n) is 8.29. The minimum absolute atomic E-state index is 0.0593. The number of primary amides is 1. The van der Waals surface area contributed by atoms with Gasteiger partial charge in [-0.05, 0) is 97.8 Å². The van der Waals surface area contributed by atoms with Gasteiger partial charge in [-0.15, -0.1) is 0 Å². The van der Waals surface area contributed by atoms with Crippen LogP contribution in [0.1, 0.15) is 82.5 Å². The number of esters is 2. The van der Waals surface area contributed by atoms with Gasteiger partial charge in [0.2, 0.25) is 44.9 Å². The molecule has 0 aromatic heterocycles. The van der Waals surface area contributed by atoms with E-state index in [1.165, 1.54) is 59.5 Å². The van der Waals surface area contributed by atoms with Crippen molar-refractivity contribution in [3.63, 3.8) is 0 Å². The van der Waals surface area contributed by atoms with Crippen molar-refractivity contribution in [2.24, 2.45) is 11.7 Å². The lowest BCUT2D eigenvalue weighted by Crippen LogP contribution is -2.51. The smallest absolute Gasteiger partial charge is 0.410 e. The summed E-state index contributed by atoms with van der Waals surface area (Å²) in [5.74, 6) is -3.37. The SMILES string of the molecule is C/C(=C\C(=O)C[C@H]1CCc2cccc3c2N(C1=O)[C@H](C(=O)N[C@H](C)CCC(N)=O)C3)c1ccc(C(F)(F)P(=O)(OCOC(=O)c2ccc3c(c2)OCO3)OCOC(=O)c2ccc3c(c2)OCO3)cc1.